The fourth-order valence-electron chi connectivity index (χ4n) is 1.88. The van der Waals surface area contributed by atoms with Gasteiger partial charge in [-0.3, -0.25) is 5.43 Å². The van der Waals surface area contributed by atoms with Crippen LogP contribution in [0, 0.1) is 6.04 Å². The van der Waals surface area contributed by atoms with Crippen LogP contribution in [0.2, 0.25) is 0 Å². The molecule has 0 atom stereocenters. The maximum atomic E-state index is 3.34. The highest BCUT2D eigenvalue weighted by Crippen LogP contribution is 2.18. The van der Waals surface area contributed by atoms with Crippen LogP contribution in [0.25, 0.3) is 0 Å². The van der Waals surface area contributed by atoms with Crippen LogP contribution in [0.3, 0.4) is 0 Å². The van der Waals surface area contributed by atoms with Crippen molar-refractivity contribution in [1.29, 1.82) is 0 Å². The smallest absolute Gasteiger partial charge is 0.112 e. The summed E-state index contributed by atoms with van der Waals surface area (Å²) < 4.78 is 0. The van der Waals surface area contributed by atoms with Crippen LogP contribution >= 0.6 is 0 Å². The molecule has 0 amide bonds. The maximum absolute atomic E-state index is 3.34. The lowest BCUT2D eigenvalue weighted by Crippen LogP contribution is -2.50. The normalized spacial score (nSPS) is 15.4. The Bertz CT molecular complexity index is 522. The van der Waals surface area contributed by atoms with E-state index in [1.165, 1.54) is 0 Å². The molecule has 0 saturated carbocycles. The van der Waals surface area contributed by atoms with E-state index in [2.05, 4.69) is 23.0 Å². The molecular weight excluding hydrogens is 222 g/mol. The highest BCUT2D eigenvalue weighted by atomic mass is 15.7. The molecule has 1 aliphatic rings. The van der Waals surface area contributed by atoms with Crippen molar-refractivity contribution >= 4 is 5.69 Å². The molecule has 3 nitrogen and oxygen atoms in total. The molecule has 2 aromatic rings. The van der Waals surface area contributed by atoms with E-state index in [1.54, 1.807) is 0 Å². The fraction of sp³-hybridized carbons (Fsp3) is 0. The molecule has 1 heterocycles. The van der Waals surface area contributed by atoms with E-state index in [9.17, 15) is 0 Å². The number of anilines is 1. The van der Waals surface area contributed by atoms with Gasteiger partial charge in [-0.25, -0.2) is 5.12 Å². The van der Waals surface area contributed by atoms with Crippen LogP contribution in [0.15, 0.2) is 72.9 Å². The lowest BCUT2D eigenvalue weighted by molar-refractivity contribution is 0.601. The summed E-state index contributed by atoms with van der Waals surface area (Å²) in [7, 11) is 0. The second-order valence-corrected chi connectivity index (χ2v) is 4.02. The summed E-state index contributed by atoms with van der Waals surface area (Å²) in [5.41, 5.74) is 8.72. The molecule has 0 saturated heterocycles. The topological polar surface area (TPSA) is 27.3 Å². The van der Waals surface area contributed by atoms with Gasteiger partial charge in [0.15, 0.2) is 0 Å². The molecular formula is C15H14N3. The van der Waals surface area contributed by atoms with Crippen molar-refractivity contribution in [2.24, 2.45) is 0 Å². The third-order valence-electron chi connectivity index (χ3n) is 2.79. The van der Waals surface area contributed by atoms with Gasteiger partial charge in [-0.1, -0.05) is 48.5 Å². The van der Waals surface area contributed by atoms with Crippen molar-refractivity contribution < 1.29 is 0 Å². The third-order valence-corrected chi connectivity index (χ3v) is 2.79. The Kier molecular flexibility index (Phi) is 2.98. The maximum Gasteiger partial charge on any atom is 0.112 e. The second kappa shape index (κ2) is 4.94. The van der Waals surface area contributed by atoms with Crippen LogP contribution in [0.4, 0.5) is 5.69 Å². The first kappa shape index (κ1) is 10.9. The van der Waals surface area contributed by atoms with Gasteiger partial charge >= 0.3 is 0 Å². The predicted octanol–water partition coefficient (Wildman–Crippen LogP) is 2.61. The van der Waals surface area contributed by atoms with Gasteiger partial charge < -0.3 is 0 Å². The third kappa shape index (κ3) is 2.21. The van der Waals surface area contributed by atoms with Gasteiger partial charge in [0.25, 0.3) is 0 Å². The van der Waals surface area contributed by atoms with Gasteiger partial charge in [-0.15, -0.1) is 0 Å². The van der Waals surface area contributed by atoms with Crippen molar-refractivity contribution in [3.63, 3.8) is 0 Å². The zero-order valence-electron chi connectivity index (χ0n) is 9.88. The average molecular weight is 236 g/mol. The summed E-state index contributed by atoms with van der Waals surface area (Å²) in [5, 5.41) is 1.89. The summed E-state index contributed by atoms with van der Waals surface area (Å²) in [5.74, 6) is 0. The van der Waals surface area contributed by atoms with Crippen molar-refractivity contribution in [3.8, 4) is 0 Å². The summed E-state index contributed by atoms with van der Waals surface area (Å²) >= 11 is 0. The molecule has 18 heavy (non-hydrogen) atoms. The summed E-state index contributed by atoms with van der Waals surface area (Å²) in [4.78, 5) is 0. The number of nitrogens with one attached hydrogen (secondary N) is 2. The molecule has 1 radical (unpaired) electrons. The van der Waals surface area contributed by atoms with Crippen LogP contribution in [-0.4, -0.2) is 0 Å². The number of benzene rings is 2. The van der Waals surface area contributed by atoms with E-state index < -0.39 is 0 Å². The number of rotatable bonds is 2. The van der Waals surface area contributed by atoms with Crippen LogP contribution in [-0.2, 0) is 0 Å². The number of hydrogen-bond acceptors (Lipinski definition) is 3. The molecule has 0 spiro atoms. The molecule has 89 valence electrons. The minimum atomic E-state index is 1.07. The Morgan fingerprint density at radius 2 is 1.44 bits per heavy atom. The predicted molar refractivity (Wildman–Crippen MR) is 73.1 cm³/mol. The first-order valence-electron chi connectivity index (χ1n) is 5.90. The molecule has 0 bridgehead atoms. The zero-order valence-corrected chi connectivity index (χ0v) is 9.88. The van der Waals surface area contributed by atoms with Gasteiger partial charge in [0.2, 0.25) is 0 Å². The minimum Gasteiger partial charge on any atom is -0.291 e. The molecule has 0 aromatic heterocycles. The Labute approximate surface area is 107 Å². The van der Waals surface area contributed by atoms with Crippen molar-refractivity contribution in [3.05, 3.63) is 84.5 Å². The molecule has 0 fully saturated rings. The molecule has 2 N–H and O–H groups in total. The second-order valence-electron chi connectivity index (χ2n) is 4.02. The van der Waals surface area contributed by atoms with Gasteiger partial charge in [0.05, 0.1) is 5.69 Å². The number of hydrogen-bond donors (Lipinski definition) is 2. The van der Waals surface area contributed by atoms with E-state index in [-0.39, 0.29) is 0 Å². The van der Waals surface area contributed by atoms with Gasteiger partial charge in [-0.2, -0.15) is 5.43 Å². The Hall–Kier alpha value is -2.26. The summed E-state index contributed by atoms with van der Waals surface area (Å²) in [6.45, 7) is 0. The number of nitrogens with zero attached hydrogens (tertiary/aromatic N) is 1. The van der Waals surface area contributed by atoms with Crippen molar-refractivity contribution in [1.82, 2.24) is 10.9 Å². The largest absolute Gasteiger partial charge is 0.291 e. The summed E-state index contributed by atoms with van der Waals surface area (Å²) in [6, 6.07) is 21.4. The lowest BCUT2D eigenvalue weighted by Gasteiger charge is -2.32. The van der Waals surface area contributed by atoms with Crippen LogP contribution in [0.1, 0.15) is 5.56 Å². The lowest BCUT2D eigenvalue weighted by atomic mass is 10.1. The Morgan fingerprint density at radius 1 is 0.778 bits per heavy atom. The summed E-state index contributed by atoms with van der Waals surface area (Å²) in [6.07, 6.45) is 3.95. The van der Waals surface area contributed by atoms with Crippen LogP contribution in [0.5, 0.6) is 0 Å². The molecule has 0 unspecified atom stereocenters. The SMILES string of the molecule is C1=C[C](c2ccccc2)NN(c2ccccc2)N1. The van der Waals surface area contributed by atoms with Gasteiger partial charge in [-0.05, 0) is 23.8 Å². The molecule has 3 heteroatoms. The number of para-hydroxylation sites is 1. The van der Waals surface area contributed by atoms with Crippen molar-refractivity contribution in [2.75, 3.05) is 5.12 Å². The van der Waals surface area contributed by atoms with Crippen LogP contribution < -0.4 is 16.0 Å². The zero-order chi connectivity index (χ0) is 12.2. The average Bonchev–Trinajstić information content (AvgIpc) is 2.49. The van der Waals surface area contributed by atoms with Gasteiger partial charge in [0.1, 0.15) is 6.04 Å². The fourth-order valence-corrected chi connectivity index (χ4v) is 1.88. The van der Waals surface area contributed by atoms with E-state index in [0.29, 0.717) is 0 Å². The van der Waals surface area contributed by atoms with E-state index in [1.807, 2.05) is 65.9 Å². The Balaban J connectivity index is 1.81. The first-order chi connectivity index (χ1) is 8.93. The quantitative estimate of drug-likeness (QED) is 0.839. The van der Waals surface area contributed by atoms with E-state index >= 15 is 0 Å². The standard InChI is InChI=1S/C15H14N3/c1-3-7-13(8-4-1)15-11-12-16-18(17-15)14-9-5-2-6-10-14/h1-12,16-17H. The first-order valence-corrected chi connectivity index (χ1v) is 5.90. The van der Waals surface area contributed by atoms with Crippen molar-refractivity contribution in [2.45, 2.75) is 0 Å². The molecule has 3 rings (SSSR count). The van der Waals surface area contributed by atoms with E-state index in [0.717, 1.165) is 17.3 Å². The minimum absolute atomic E-state index is 1.07. The molecule has 2 aromatic carbocycles. The molecule has 0 aliphatic carbocycles. The molecule has 1 aliphatic heterocycles. The highest BCUT2D eigenvalue weighted by molar-refractivity contribution is 5.48. The Morgan fingerprint density at radius 3 is 2.17 bits per heavy atom. The van der Waals surface area contributed by atoms with Gasteiger partial charge in [0, 0.05) is 6.20 Å². The number of hydrazine groups is 2. The highest BCUT2D eigenvalue weighted by Gasteiger charge is 2.16. The monoisotopic (exact) mass is 236 g/mol. The van der Waals surface area contributed by atoms with E-state index in [4.69, 9.17) is 0 Å².